The van der Waals surface area contributed by atoms with Crippen LogP contribution < -0.4 is 5.32 Å². The molecule has 1 saturated heterocycles. The number of aliphatic hydroxyl groups excluding tert-OH is 1. The summed E-state index contributed by atoms with van der Waals surface area (Å²) in [5.41, 5.74) is 0.802. The number of hydrogen-bond donors (Lipinski definition) is 2. The Labute approximate surface area is 122 Å². The summed E-state index contributed by atoms with van der Waals surface area (Å²) >= 11 is 0. The number of likely N-dealkylation sites (tertiary alicyclic amines) is 1. The molecule has 0 aliphatic carbocycles. The molecular formula is C14H19N3O4. The van der Waals surface area contributed by atoms with Crippen molar-refractivity contribution in [2.24, 2.45) is 5.92 Å². The number of carbonyl (C=O) groups is 1. The number of aliphatic hydroxyl groups is 1. The molecule has 1 fully saturated rings. The molecule has 1 unspecified atom stereocenters. The normalized spacial score (nSPS) is 17.8. The van der Waals surface area contributed by atoms with E-state index in [1.807, 2.05) is 0 Å². The molecule has 1 amide bonds. The summed E-state index contributed by atoms with van der Waals surface area (Å²) in [6.45, 7) is 1.33. The van der Waals surface area contributed by atoms with Crippen molar-refractivity contribution in [3.63, 3.8) is 0 Å². The zero-order valence-corrected chi connectivity index (χ0v) is 11.9. The average molecular weight is 293 g/mol. The number of rotatable bonds is 5. The molecule has 1 aromatic carbocycles. The zero-order valence-electron chi connectivity index (χ0n) is 11.9. The van der Waals surface area contributed by atoms with Crippen LogP contribution in [0, 0.1) is 16.0 Å². The Morgan fingerprint density at radius 1 is 1.57 bits per heavy atom. The van der Waals surface area contributed by atoms with Crippen LogP contribution in [0.5, 0.6) is 0 Å². The van der Waals surface area contributed by atoms with Crippen LogP contribution in [0.25, 0.3) is 0 Å². The van der Waals surface area contributed by atoms with E-state index in [-0.39, 0.29) is 18.2 Å². The van der Waals surface area contributed by atoms with Crippen LogP contribution in [0.2, 0.25) is 0 Å². The van der Waals surface area contributed by atoms with Gasteiger partial charge in [-0.15, -0.1) is 0 Å². The van der Waals surface area contributed by atoms with Crippen LogP contribution in [0.4, 0.5) is 11.4 Å². The summed E-state index contributed by atoms with van der Waals surface area (Å²) in [4.78, 5) is 24.6. The van der Waals surface area contributed by atoms with E-state index in [9.17, 15) is 14.9 Å². The van der Waals surface area contributed by atoms with Gasteiger partial charge in [-0.3, -0.25) is 14.9 Å². The van der Waals surface area contributed by atoms with Crippen molar-refractivity contribution in [2.75, 3.05) is 32.1 Å². The lowest BCUT2D eigenvalue weighted by Gasteiger charge is -2.18. The second kappa shape index (κ2) is 6.53. The van der Waals surface area contributed by atoms with Gasteiger partial charge in [0.2, 0.25) is 0 Å². The second-order valence-electron chi connectivity index (χ2n) is 5.16. The summed E-state index contributed by atoms with van der Waals surface area (Å²) in [6.07, 6.45) is 1.54. The highest BCUT2D eigenvalue weighted by Crippen LogP contribution is 2.26. The summed E-state index contributed by atoms with van der Waals surface area (Å²) < 4.78 is 0. The largest absolute Gasteiger partial charge is 0.396 e. The highest BCUT2D eigenvalue weighted by Gasteiger charge is 2.28. The molecule has 2 N–H and O–H groups in total. The fourth-order valence-corrected chi connectivity index (χ4v) is 2.65. The first kappa shape index (κ1) is 15.2. The molecule has 0 radical (unpaired) electrons. The third kappa shape index (κ3) is 3.30. The maximum atomic E-state index is 12.6. The lowest BCUT2D eigenvalue weighted by atomic mass is 10.1. The first-order valence-electron chi connectivity index (χ1n) is 6.93. The maximum absolute atomic E-state index is 12.6. The lowest BCUT2D eigenvalue weighted by Crippen LogP contribution is -2.29. The van der Waals surface area contributed by atoms with Gasteiger partial charge in [0.05, 0.1) is 10.5 Å². The first-order valence-corrected chi connectivity index (χ1v) is 6.93. The minimum atomic E-state index is -0.505. The Morgan fingerprint density at radius 2 is 2.33 bits per heavy atom. The highest BCUT2D eigenvalue weighted by atomic mass is 16.6. The van der Waals surface area contributed by atoms with Gasteiger partial charge in [0.15, 0.2) is 0 Å². The van der Waals surface area contributed by atoms with Gasteiger partial charge in [-0.1, -0.05) is 0 Å². The Bertz CT molecular complexity index is 547. The van der Waals surface area contributed by atoms with Gasteiger partial charge in [0.25, 0.3) is 11.6 Å². The first-order chi connectivity index (χ1) is 10.1. The number of nitro groups is 1. The molecule has 7 heteroatoms. The maximum Gasteiger partial charge on any atom is 0.270 e. The van der Waals surface area contributed by atoms with E-state index in [1.54, 1.807) is 18.0 Å². The van der Waals surface area contributed by atoms with E-state index in [4.69, 9.17) is 5.11 Å². The molecule has 0 saturated carbocycles. The number of nitrogens with one attached hydrogen (secondary N) is 1. The molecule has 1 aromatic rings. The molecule has 2 rings (SSSR count). The van der Waals surface area contributed by atoms with Crippen LogP contribution in [0.1, 0.15) is 23.2 Å². The molecule has 0 bridgehead atoms. The van der Waals surface area contributed by atoms with Crippen molar-refractivity contribution in [2.45, 2.75) is 12.8 Å². The Morgan fingerprint density at radius 3 is 2.95 bits per heavy atom. The Hall–Kier alpha value is -2.15. The summed E-state index contributed by atoms with van der Waals surface area (Å²) in [7, 11) is 1.68. The zero-order chi connectivity index (χ0) is 15.4. The number of non-ortho nitro benzene ring substituents is 1. The quantitative estimate of drug-likeness (QED) is 0.633. The van der Waals surface area contributed by atoms with Gasteiger partial charge in [0, 0.05) is 44.6 Å². The monoisotopic (exact) mass is 293 g/mol. The molecule has 114 valence electrons. The van der Waals surface area contributed by atoms with Crippen molar-refractivity contribution in [3.8, 4) is 0 Å². The summed E-state index contributed by atoms with van der Waals surface area (Å²) in [6, 6.07) is 4.24. The molecular weight excluding hydrogens is 274 g/mol. The number of carbonyl (C=O) groups excluding carboxylic acids is 1. The van der Waals surface area contributed by atoms with E-state index >= 15 is 0 Å². The van der Waals surface area contributed by atoms with E-state index in [0.29, 0.717) is 36.7 Å². The number of nitrogens with zero attached hydrogens (tertiary/aromatic N) is 2. The molecule has 1 heterocycles. The van der Waals surface area contributed by atoms with E-state index < -0.39 is 4.92 Å². The highest BCUT2D eigenvalue weighted by molar-refractivity contribution is 6.00. The fourth-order valence-electron chi connectivity index (χ4n) is 2.65. The molecule has 21 heavy (non-hydrogen) atoms. The molecule has 0 spiro atoms. The predicted octanol–water partition coefficient (Wildman–Crippen LogP) is 1.48. The van der Waals surface area contributed by atoms with Gasteiger partial charge in [-0.05, 0) is 24.8 Å². The number of nitro benzene ring substituents is 1. The van der Waals surface area contributed by atoms with Crippen molar-refractivity contribution >= 4 is 17.3 Å². The Kier molecular flexibility index (Phi) is 4.74. The Balaban J connectivity index is 2.22. The molecule has 1 aliphatic heterocycles. The topological polar surface area (TPSA) is 95.7 Å². The average Bonchev–Trinajstić information content (AvgIpc) is 2.94. The smallest absolute Gasteiger partial charge is 0.270 e. The van der Waals surface area contributed by atoms with Crippen molar-refractivity contribution in [1.29, 1.82) is 0 Å². The second-order valence-corrected chi connectivity index (χ2v) is 5.16. The van der Waals surface area contributed by atoms with Crippen molar-refractivity contribution in [1.82, 2.24) is 4.90 Å². The van der Waals surface area contributed by atoms with Crippen LogP contribution in [-0.2, 0) is 0 Å². The number of benzene rings is 1. The van der Waals surface area contributed by atoms with Gasteiger partial charge >= 0.3 is 0 Å². The van der Waals surface area contributed by atoms with Crippen LogP contribution in [0.15, 0.2) is 18.2 Å². The SMILES string of the molecule is CNc1ccc([N+](=O)[O-])cc1C(=O)N1CCC(CCO)C1. The minimum absolute atomic E-state index is 0.0940. The lowest BCUT2D eigenvalue weighted by molar-refractivity contribution is -0.384. The van der Waals surface area contributed by atoms with E-state index in [2.05, 4.69) is 5.32 Å². The van der Waals surface area contributed by atoms with Gasteiger partial charge in [-0.2, -0.15) is 0 Å². The van der Waals surface area contributed by atoms with Gasteiger partial charge in [-0.25, -0.2) is 0 Å². The van der Waals surface area contributed by atoms with Gasteiger partial charge < -0.3 is 15.3 Å². The molecule has 1 aliphatic rings. The molecule has 7 nitrogen and oxygen atoms in total. The number of hydrogen-bond acceptors (Lipinski definition) is 5. The number of amides is 1. The number of anilines is 1. The van der Waals surface area contributed by atoms with Crippen molar-refractivity contribution in [3.05, 3.63) is 33.9 Å². The van der Waals surface area contributed by atoms with E-state index in [0.717, 1.165) is 6.42 Å². The minimum Gasteiger partial charge on any atom is -0.396 e. The summed E-state index contributed by atoms with van der Waals surface area (Å²) in [5.74, 6) is 0.0965. The predicted molar refractivity (Wildman–Crippen MR) is 78.4 cm³/mol. The standard InChI is InChI=1S/C14H19N3O4/c1-15-13-3-2-11(17(20)21)8-12(13)14(19)16-6-4-10(9-16)5-7-18/h2-3,8,10,15,18H,4-7,9H2,1H3. The molecule has 1 atom stereocenters. The van der Waals surface area contributed by atoms with Crippen LogP contribution in [0.3, 0.4) is 0 Å². The molecule has 0 aromatic heterocycles. The van der Waals surface area contributed by atoms with E-state index in [1.165, 1.54) is 12.1 Å². The summed E-state index contributed by atoms with van der Waals surface area (Å²) in [5, 5.41) is 22.7. The third-order valence-electron chi connectivity index (χ3n) is 3.82. The van der Waals surface area contributed by atoms with Crippen LogP contribution >= 0.6 is 0 Å². The third-order valence-corrected chi connectivity index (χ3v) is 3.82. The van der Waals surface area contributed by atoms with Crippen molar-refractivity contribution < 1.29 is 14.8 Å². The van der Waals surface area contributed by atoms with Crippen LogP contribution in [-0.4, -0.2) is 47.6 Å². The van der Waals surface area contributed by atoms with Gasteiger partial charge in [0.1, 0.15) is 0 Å². The fraction of sp³-hybridized carbons (Fsp3) is 0.500.